The van der Waals surface area contributed by atoms with E-state index in [-0.39, 0.29) is 24.3 Å². The highest BCUT2D eigenvalue weighted by Crippen LogP contribution is 2.38. The average molecular weight is 368 g/mol. The zero-order valence-electron chi connectivity index (χ0n) is 14.2. The van der Waals surface area contributed by atoms with Gasteiger partial charge >= 0.3 is 0 Å². The summed E-state index contributed by atoms with van der Waals surface area (Å²) in [7, 11) is 1.74. The summed E-state index contributed by atoms with van der Waals surface area (Å²) >= 11 is 5.97. The van der Waals surface area contributed by atoms with Crippen LogP contribution < -0.4 is 5.32 Å². The Kier molecular flexibility index (Phi) is 4.17. The predicted octanol–water partition coefficient (Wildman–Crippen LogP) is 3.98. The zero-order valence-corrected chi connectivity index (χ0v) is 15.0. The Morgan fingerprint density at radius 3 is 2.73 bits per heavy atom. The van der Waals surface area contributed by atoms with Gasteiger partial charge in [0.2, 0.25) is 11.8 Å². The number of rotatable bonds is 3. The van der Waals surface area contributed by atoms with Crippen molar-refractivity contribution < 1.29 is 9.59 Å². The molecule has 2 N–H and O–H groups in total. The molecule has 5 nitrogen and oxygen atoms in total. The van der Waals surface area contributed by atoms with Crippen molar-refractivity contribution in [2.45, 2.75) is 12.5 Å². The van der Waals surface area contributed by atoms with Gasteiger partial charge in [-0.1, -0.05) is 29.8 Å². The number of hydrogen-bond donors (Lipinski definition) is 2. The molecular weight excluding hydrogens is 350 g/mol. The predicted molar refractivity (Wildman–Crippen MR) is 102 cm³/mol. The lowest BCUT2D eigenvalue weighted by Gasteiger charge is -2.25. The smallest absolute Gasteiger partial charge is 0.230 e. The first-order valence-electron chi connectivity index (χ1n) is 8.42. The number of aromatic nitrogens is 1. The van der Waals surface area contributed by atoms with E-state index in [9.17, 15) is 9.59 Å². The van der Waals surface area contributed by atoms with Gasteiger partial charge in [-0.3, -0.25) is 9.59 Å². The molecule has 0 bridgehead atoms. The van der Waals surface area contributed by atoms with E-state index in [4.69, 9.17) is 11.6 Å². The third-order valence-corrected chi connectivity index (χ3v) is 5.21. The maximum Gasteiger partial charge on any atom is 0.230 e. The number of nitrogens with zero attached hydrogens (tertiary/aromatic N) is 1. The minimum Gasteiger partial charge on any atom is -0.361 e. The lowest BCUT2D eigenvalue weighted by atomic mass is 9.93. The number of hydrogen-bond acceptors (Lipinski definition) is 2. The Balaban J connectivity index is 1.60. The van der Waals surface area contributed by atoms with Crippen molar-refractivity contribution in [3.63, 3.8) is 0 Å². The van der Waals surface area contributed by atoms with Crippen molar-refractivity contribution in [3.8, 4) is 0 Å². The molecule has 26 heavy (non-hydrogen) atoms. The van der Waals surface area contributed by atoms with E-state index < -0.39 is 5.92 Å². The second-order valence-corrected chi connectivity index (χ2v) is 7.02. The topological polar surface area (TPSA) is 65.2 Å². The van der Waals surface area contributed by atoms with Crippen LogP contribution in [-0.2, 0) is 9.59 Å². The van der Waals surface area contributed by atoms with E-state index in [2.05, 4.69) is 10.3 Å². The Bertz CT molecular complexity index is 980. The number of amides is 2. The van der Waals surface area contributed by atoms with Gasteiger partial charge in [-0.2, -0.15) is 0 Å². The van der Waals surface area contributed by atoms with Crippen LogP contribution >= 0.6 is 11.6 Å². The van der Waals surface area contributed by atoms with E-state index in [0.29, 0.717) is 10.7 Å². The van der Waals surface area contributed by atoms with Crippen molar-refractivity contribution in [3.05, 3.63) is 65.3 Å². The number of carbonyl (C=O) groups excluding carboxylic acids is 2. The molecule has 2 aromatic carbocycles. The third kappa shape index (κ3) is 2.95. The Morgan fingerprint density at radius 1 is 1.19 bits per heavy atom. The fourth-order valence-corrected chi connectivity index (χ4v) is 3.71. The molecule has 6 heteroatoms. The van der Waals surface area contributed by atoms with Crippen molar-refractivity contribution in [1.29, 1.82) is 0 Å². The van der Waals surface area contributed by atoms with Gasteiger partial charge in [0.15, 0.2) is 0 Å². The van der Waals surface area contributed by atoms with Crippen LogP contribution in [0.3, 0.4) is 0 Å². The standard InChI is InChI=1S/C20H18ClN3O2/c1-24-18(25)11-16(19(24)13-2-5-14(21)6-3-13)20(26)23-15-7-4-12-8-9-22-17(12)10-15/h2-10,16,19,22H,11H2,1H3,(H,23,26)/t16-,19+/m0/s1. The van der Waals surface area contributed by atoms with Crippen LogP contribution in [0.15, 0.2) is 54.7 Å². The molecule has 1 saturated heterocycles. The summed E-state index contributed by atoms with van der Waals surface area (Å²) in [6.07, 6.45) is 2.05. The molecule has 132 valence electrons. The number of likely N-dealkylation sites (tertiary alicyclic amines) is 1. The molecule has 0 radical (unpaired) electrons. The molecule has 4 rings (SSSR count). The lowest BCUT2D eigenvalue weighted by molar-refractivity contribution is -0.127. The minimum atomic E-state index is -0.451. The summed E-state index contributed by atoms with van der Waals surface area (Å²) in [5.74, 6) is -0.647. The van der Waals surface area contributed by atoms with Gasteiger partial charge < -0.3 is 15.2 Å². The van der Waals surface area contributed by atoms with Gasteiger partial charge in [-0.05, 0) is 41.3 Å². The maximum absolute atomic E-state index is 12.9. The van der Waals surface area contributed by atoms with Crippen LogP contribution in [0.5, 0.6) is 0 Å². The second kappa shape index (κ2) is 6.50. The number of fused-ring (bicyclic) bond motifs is 1. The van der Waals surface area contributed by atoms with Crippen LogP contribution in [-0.4, -0.2) is 28.7 Å². The lowest BCUT2D eigenvalue weighted by Crippen LogP contribution is -2.30. The van der Waals surface area contributed by atoms with Crippen LogP contribution in [0.1, 0.15) is 18.0 Å². The molecule has 0 spiro atoms. The monoisotopic (exact) mass is 367 g/mol. The maximum atomic E-state index is 12.9. The van der Waals surface area contributed by atoms with E-state index >= 15 is 0 Å². The Labute approximate surface area is 155 Å². The highest BCUT2D eigenvalue weighted by Gasteiger charge is 2.42. The first-order chi connectivity index (χ1) is 12.5. The molecule has 2 heterocycles. The first kappa shape index (κ1) is 16.7. The second-order valence-electron chi connectivity index (χ2n) is 6.58. The molecule has 0 aliphatic carbocycles. The van der Waals surface area contributed by atoms with E-state index in [1.807, 2.05) is 42.6 Å². The van der Waals surface area contributed by atoms with E-state index in [1.54, 1.807) is 24.1 Å². The fraction of sp³-hybridized carbons (Fsp3) is 0.200. The molecule has 1 aliphatic heterocycles. The fourth-order valence-electron chi connectivity index (χ4n) is 3.58. The summed E-state index contributed by atoms with van der Waals surface area (Å²) in [6, 6.07) is 14.7. The largest absolute Gasteiger partial charge is 0.361 e. The summed E-state index contributed by atoms with van der Waals surface area (Å²) in [5.41, 5.74) is 2.57. The van der Waals surface area contributed by atoms with Gasteiger partial charge in [0.05, 0.1) is 12.0 Å². The summed E-state index contributed by atoms with van der Waals surface area (Å²) in [5, 5.41) is 4.66. The molecule has 1 aliphatic rings. The van der Waals surface area contributed by atoms with Crippen LogP contribution in [0.4, 0.5) is 5.69 Å². The van der Waals surface area contributed by atoms with Gasteiger partial charge in [-0.15, -0.1) is 0 Å². The molecule has 1 aromatic heterocycles. The molecule has 0 unspecified atom stereocenters. The first-order valence-corrected chi connectivity index (χ1v) is 8.80. The molecule has 2 atom stereocenters. The highest BCUT2D eigenvalue weighted by atomic mass is 35.5. The van der Waals surface area contributed by atoms with Crippen molar-refractivity contribution in [2.75, 3.05) is 12.4 Å². The summed E-state index contributed by atoms with van der Waals surface area (Å²) in [6.45, 7) is 0. The summed E-state index contributed by atoms with van der Waals surface area (Å²) in [4.78, 5) is 29.9. The molecule has 0 saturated carbocycles. The normalized spacial score (nSPS) is 19.9. The highest BCUT2D eigenvalue weighted by molar-refractivity contribution is 6.30. The van der Waals surface area contributed by atoms with E-state index in [1.165, 1.54) is 0 Å². The van der Waals surface area contributed by atoms with E-state index in [0.717, 1.165) is 16.5 Å². The van der Waals surface area contributed by atoms with Crippen molar-refractivity contribution in [1.82, 2.24) is 9.88 Å². The number of benzene rings is 2. The van der Waals surface area contributed by atoms with Crippen LogP contribution in [0, 0.1) is 5.92 Å². The van der Waals surface area contributed by atoms with Crippen LogP contribution in [0.25, 0.3) is 10.9 Å². The SMILES string of the molecule is CN1C(=O)C[C@H](C(=O)Nc2ccc3cc[nH]c3c2)[C@H]1c1ccc(Cl)cc1. The Hall–Kier alpha value is -2.79. The summed E-state index contributed by atoms with van der Waals surface area (Å²) < 4.78 is 0. The van der Waals surface area contributed by atoms with Gasteiger partial charge in [0.1, 0.15) is 0 Å². The number of anilines is 1. The third-order valence-electron chi connectivity index (χ3n) is 4.96. The molecular formula is C20H18ClN3O2. The quantitative estimate of drug-likeness (QED) is 0.735. The molecule has 1 fully saturated rings. The number of nitrogens with one attached hydrogen (secondary N) is 2. The number of aromatic amines is 1. The van der Waals surface area contributed by atoms with Crippen molar-refractivity contribution >= 4 is 40.0 Å². The molecule has 2 amide bonds. The molecule has 3 aromatic rings. The van der Waals surface area contributed by atoms with Crippen LogP contribution in [0.2, 0.25) is 5.02 Å². The van der Waals surface area contributed by atoms with Gasteiger partial charge in [0.25, 0.3) is 0 Å². The van der Waals surface area contributed by atoms with Gasteiger partial charge in [-0.25, -0.2) is 0 Å². The van der Waals surface area contributed by atoms with Crippen molar-refractivity contribution in [2.24, 2.45) is 5.92 Å². The zero-order chi connectivity index (χ0) is 18.3. The number of H-pyrrole nitrogens is 1. The van der Waals surface area contributed by atoms with Gasteiger partial charge in [0, 0.05) is 35.9 Å². The average Bonchev–Trinajstić information content (AvgIpc) is 3.20. The number of carbonyl (C=O) groups is 2. The minimum absolute atomic E-state index is 0.0371. The Morgan fingerprint density at radius 2 is 1.96 bits per heavy atom. The number of halogens is 1.